The van der Waals surface area contributed by atoms with Crippen molar-refractivity contribution >= 4 is 23.5 Å². The largest absolute Gasteiger partial charge is 0.202 e. The van der Waals surface area contributed by atoms with E-state index < -0.39 is 0 Å². The first-order valence-corrected chi connectivity index (χ1v) is 19.2. The third kappa shape index (κ3) is 17.7. The average molecular weight is 587 g/mol. The van der Waals surface area contributed by atoms with Gasteiger partial charge >= 0.3 is 0 Å². The molecule has 0 N–H and O–H groups in total. The van der Waals surface area contributed by atoms with E-state index in [1.165, 1.54) is 139 Å². The van der Waals surface area contributed by atoms with Crippen LogP contribution in [-0.4, -0.2) is 23.0 Å². The molecule has 0 bridgehead atoms. The Labute approximate surface area is 257 Å². The quantitative estimate of drug-likeness (QED) is 0.0759. The predicted molar refractivity (Wildman–Crippen MR) is 180 cm³/mol. The van der Waals surface area contributed by atoms with Crippen molar-refractivity contribution in [2.75, 3.05) is 23.0 Å². The molecule has 2 aromatic rings. The van der Waals surface area contributed by atoms with E-state index in [9.17, 15) is 0 Å². The Hall–Kier alpha value is -1.00. The van der Waals surface area contributed by atoms with Gasteiger partial charge in [-0.05, 0) is 12.8 Å². The van der Waals surface area contributed by atoms with Crippen LogP contribution in [-0.2, 0) is 0 Å². The highest BCUT2D eigenvalue weighted by Crippen LogP contribution is 2.21. The highest BCUT2D eigenvalue weighted by Gasteiger charge is 2.19. The molecule has 0 radical (unpaired) electrons. The first kappa shape index (κ1) is 35.2. The molecular formula is C36H62N2S2+2. The van der Waals surface area contributed by atoms with Gasteiger partial charge in [0.1, 0.15) is 0 Å². The van der Waals surface area contributed by atoms with E-state index >= 15 is 0 Å². The maximum absolute atomic E-state index is 2.47. The molecule has 0 aliphatic rings. The van der Waals surface area contributed by atoms with Crippen molar-refractivity contribution in [1.29, 1.82) is 0 Å². The first-order chi connectivity index (χ1) is 19.8. The molecule has 40 heavy (non-hydrogen) atoms. The van der Waals surface area contributed by atoms with Crippen LogP contribution in [0.5, 0.6) is 0 Å². The lowest BCUT2D eigenvalue weighted by molar-refractivity contribution is -0.719. The van der Waals surface area contributed by atoms with Gasteiger partial charge in [-0.2, -0.15) is 23.5 Å². The number of rotatable bonds is 27. The fourth-order valence-electron chi connectivity index (χ4n) is 5.53. The van der Waals surface area contributed by atoms with Gasteiger partial charge in [0.15, 0.2) is 36.9 Å². The molecule has 0 spiro atoms. The molecule has 2 nitrogen and oxygen atoms in total. The summed E-state index contributed by atoms with van der Waals surface area (Å²) in [7, 11) is 0. The Morgan fingerprint density at radius 1 is 0.425 bits per heavy atom. The van der Waals surface area contributed by atoms with Gasteiger partial charge in [0, 0.05) is 48.6 Å². The molecule has 0 saturated carbocycles. The van der Waals surface area contributed by atoms with Crippen LogP contribution in [0, 0.1) is 0 Å². The maximum Gasteiger partial charge on any atom is 0.169 e. The normalized spacial score (nSPS) is 12.9. The van der Waals surface area contributed by atoms with Crippen LogP contribution in [0.15, 0.2) is 61.2 Å². The number of nitrogens with zero attached hydrogens (tertiary/aromatic N) is 2. The Morgan fingerprint density at radius 3 is 1.10 bits per heavy atom. The number of hydrogen-bond donors (Lipinski definition) is 0. The molecule has 0 aliphatic heterocycles. The van der Waals surface area contributed by atoms with E-state index in [2.05, 4.69) is 108 Å². The summed E-state index contributed by atoms with van der Waals surface area (Å²) in [5.41, 5.74) is 0. The summed E-state index contributed by atoms with van der Waals surface area (Å²) in [5, 5.41) is 0. The summed E-state index contributed by atoms with van der Waals surface area (Å²) in [6, 6.07) is 14.3. The Bertz CT molecular complexity index is 718. The van der Waals surface area contributed by atoms with Crippen LogP contribution in [0.4, 0.5) is 0 Å². The molecule has 2 heterocycles. The highest BCUT2D eigenvalue weighted by atomic mass is 32.2. The van der Waals surface area contributed by atoms with Crippen molar-refractivity contribution in [3.63, 3.8) is 0 Å². The maximum atomic E-state index is 2.47. The van der Waals surface area contributed by atoms with E-state index in [1.807, 2.05) is 0 Å². The van der Waals surface area contributed by atoms with Crippen molar-refractivity contribution in [3.8, 4) is 0 Å². The van der Waals surface area contributed by atoms with Crippen molar-refractivity contribution in [2.45, 2.75) is 142 Å². The molecule has 226 valence electrons. The monoisotopic (exact) mass is 586 g/mol. The minimum atomic E-state index is 0.630. The molecule has 2 unspecified atom stereocenters. The summed E-state index contributed by atoms with van der Waals surface area (Å²) >= 11 is 4.33. The molecule has 2 atom stereocenters. The predicted octanol–water partition coefficient (Wildman–Crippen LogP) is 10.6. The van der Waals surface area contributed by atoms with E-state index in [4.69, 9.17) is 0 Å². The van der Waals surface area contributed by atoms with Crippen LogP contribution in [0.2, 0.25) is 0 Å². The lowest BCUT2D eigenvalue weighted by atomic mass is 10.1. The van der Waals surface area contributed by atoms with Crippen molar-refractivity contribution in [2.24, 2.45) is 0 Å². The number of aromatic nitrogens is 2. The van der Waals surface area contributed by atoms with Gasteiger partial charge in [0.05, 0.1) is 11.5 Å². The SMILES string of the molecule is CCCCCCCCCCC(CSCCSCC(CCCCCCCCCC)[n+]1ccccc1)[n+]1ccccc1. The average Bonchev–Trinajstić information content (AvgIpc) is 3.00. The lowest BCUT2D eigenvalue weighted by Crippen LogP contribution is -2.40. The molecule has 0 aromatic carbocycles. The molecule has 0 fully saturated rings. The molecule has 0 aliphatic carbocycles. The minimum absolute atomic E-state index is 0.630. The fourth-order valence-corrected chi connectivity index (χ4v) is 8.03. The van der Waals surface area contributed by atoms with Gasteiger partial charge in [-0.1, -0.05) is 116 Å². The number of pyridine rings is 2. The summed E-state index contributed by atoms with van der Waals surface area (Å²) in [6.45, 7) is 4.61. The van der Waals surface area contributed by atoms with E-state index in [0.29, 0.717) is 12.1 Å². The molecule has 2 rings (SSSR count). The second-order valence-corrected chi connectivity index (χ2v) is 13.9. The lowest BCUT2D eigenvalue weighted by Gasteiger charge is -2.14. The van der Waals surface area contributed by atoms with E-state index in [1.54, 1.807) is 0 Å². The molecule has 0 saturated heterocycles. The highest BCUT2D eigenvalue weighted by molar-refractivity contribution is 8.02. The molecule has 4 heteroatoms. The molecule has 0 amide bonds. The summed E-state index contributed by atoms with van der Waals surface area (Å²) in [5.74, 6) is 4.99. The Kier molecular flexibility index (Phi) is 22.6. The smallest absolute Gasteiger partial charge is 0.169 e. The second-order valence-electron chi connectivity index (χ2n) is 11.6. The number of thioether (sulfide) groups is 2. The van der Waals surface area contributed by atoms with Gasteiger partial charge in [0.2, 0.25) is 0 Å². The van der Waals surface area contributed by atoms with Crippen molar-refractivity contribution in [1.82, 2.24) is 0 Å². The summed E-state index contributed by atoms with van der Waals surface area (Å²) in [6.07, 6.45) is 34.2. The van der Waals surface area contributed by atoms with Crippen LogP contribution in [0.3, 0.4) is 0 Å². The second kappa shape index (κ2) is 25.7. The van der Waals surface area contributed by atoms with Crippen LogP contribution >= 0.6 is 23.5 Å². The van der Waals surface area contributed by atoms with Crippen molar-refractivity contribution < 1.29 is 9.13 Å². The Morgan fingerprint density at radius 2 is 0.750 bits per heavy atom. The molecular weight excluding hydrogens is 525 g/mol. The zero-order valence-corrected chi connectivity index (χ0v) is 27.8. The number of hydrogen-bond acceptors (Lipinski definition) is 2. The van der Waals surface area contributed by atoms with Gasteiger partial charge in [0.25, 0.3) is 0 Å². The standard InChI is InChI=1S/C36H62N2S2/c1-3-5-7-9-11-13-15-19-25-35(37-27-21-17-22-28-37)33-39-31-32-40-34-36(38-29-23-18-24-30-38)26-20-16-14-12-10-8-6-4-2/h17-18,21-24,27-30,35-36H,3-16,19-20,25-26,31-34H2,1-2H3/q+2. The number of unbranched alkanes of at least 4 members (excludes halogenated alkanes) is 14. The third-order valence-corrected chi connectivity index (χ3v) is 10.6. The van der Waals surface area contributed by atoms with Crippen LogP contribution in [0.1, 0.15) is 142 Å². The van der Waals surface area contributed by atoms with Crippen LogP contribution < -0.4 is 9.13 Å². The van der Waals surface area contributed by atoms with Gasteiger partial charge in [-0.25, -0.2) is 9.13 Å². The van der Waals surface area contributed by atoms with Gasteiger partial charge in [-0.15, -0.1) is 0 Å². The summed E-state index contributed by atoms with van der Waals surface area (Å²) in [4.78, 5) is 0. The zero-order chi connectivity index (χ0) is 28.4. The molecule has 2 aromatic heterocycles. The van der Waals surface area contributed by atoms with Gasteiger partial charge < -0.3 is 0 Å². The summed E-state index contributed by atoms with van der Waals surface area (Å²) < 4.78 is 4.93. The first-order valence-electron chi connectivity index (χ1n) is 16.9. The minimum Gasteiger partial charge on any atom is -0.202 e. The van der Waals surface area contributed by atoms with Gasteiger partial charge in [-0.3, -0.25) is 0 Å². The van der Waals surface area contributed by atoms with E-state index in [-0.39, 0.29) is 0 Å². The van der Waals surface area contributed by atoms with E-state index in [0.717, 1.165) is 0 Å². The zero-order valence-electron chi connectivity index (χ0n) is 26.2. The van der Waals surface area contributed by atoms with Crippen molar-refractivity contribution in [3.05, 3.63) is 61.2 Å². The Balaban J connectivity index is 1.65. The van der Waals surface area contributed by atoms with Crippen LogP contribution in [0.25, 0.3) is 0 Å². The third-order valence-electron chi connectivity index (χ3n) is 8.09. The fraction of sp³-hybridized carbons (Fsp3) is 0.722. The topological polar surface area (TPSA) is 7.76 Å².